The monoisotopic (exact) mass is 235 g/mol. The predicted molar refractivity (Wildman–Crippen MR) is 69.7 cm³/mol. The van der Waals surface area contributed by atoms with Gasteiger partial charge >= 0.3 is 0 Å². The van der Waals surface area contributed by atoms with Crippen molar-refractivity contribution in [2.45, 2.75) is 45.1 Å². The molecule has 0 saturated carbocycles. The Labute approximate surface area is 104 Å². The maximum Gasteiger partial charge on any atom is 0.123 e. The molecule has 1 heterocycles. The van der Waals surface area contributed by atoms with E-state index in [2.05, 4.69) is 18.7 Å². The fourth-order valence-corrected chi connectivity index (χ4v) is 2.70. The molecule has 2 rings (SSSR count). The zero-order valence-corrected chi connectivity index (χ0v) is 10.8. The summed E-state index contributed by atoms with van der Waals surface area (Å²) in [4.78, 5) is 2.55. The third-order valence-corrected chi connectivity index (χ3v) is 3.83. The molecule has 1 aromatic rings. The summed E-state index contributed by atoms with van der Waals surface area (Å²) in [5, 5.41) is 0. The minimum atomic E-state index is -0.133. The van der Waals surface area contributed by atoms with Gasteiger partial charge in [-0.3, -0.25) is 0 Å². The predicted octanol–water partition coefficient (Wildman–Crippen LogP) is 3.80. The van der Waals surface area contributed by atoms with Gasteiger partial charge < -0.3 is 4.90 Å². The fourth-order valence-electron chi connectivity index (χ4n) is 2.70. The minimum Gasteiger partial charge on any atom is -0.301 e. The first-order valence-corrected chi connectivity index (χ1v) is 6.66. The maximum atomic E-state index is 12.9. The van der Waals surface area contributed by atoms with E-state index in [-0.39, 0.29) is 5.82 Å². The van der Waals surface area contributed by atoms with Gasteiger partial charge in [0.25, 0.3) is 0 Å². The Morgan fingerprint density at radius 1 is 1.12 bits per heavy atom. The van der Waals surface area contributed by atoms with Crippen LogP contribution in [0.4, 0.5) is 4.39 Å². The van der Waals surface area contributed by atoms with Crippen molar-refractivity contribution in [3.05, 3.63) is 35.6 Å². The molecule has 94 valence electrons. The zero-order chi connectivity index (χ0) is 12.3. The molecule has 0 radical (unpaired) electrons. The third-order valence-electron chi connectivity index (χ3n) is 3.83. The molecule has 0 spiro atoms. The highest BCUT2D eigenvalue weighted by Crippen LogP contribution is 2.28. The SMILES string of the molecule is CC(C)N1CCCC(c2ccc(F)cc2)CC1. The van der Waals surface area contributed by atoms with Crippen molar-refractivity contribution in [1.82, 2.24) is 4.90 Å². The molecule has 0 aromatic heterocycles. The lowest BCUT2D eigenvalue weighted by Gasteiger charge is -2.24. The molecule has 0 bridgehead atoms. The van der Waals surface area contributed by atoms with Crippen molar-refractivity contribution >= 4 is 0 Å². The highest BCUT2D eigenvalue weighted by Gasteiger charge is 2.19. The highest BCUT2D eigenvalue weighted by atomic mass is 19.1. The topological polar surface area (TPSA) is 3.24 Å². The van der Waals surface area contributed by atoms with E-state index in [0.717, 1.165) is 0 Å². The molecule has 1 fully saturated rings. The number of nitrogens with zero attached hydrogens (tertiary/aromatic N) is 1. The number of hydrogen-bond acceptors (Lipinski definition) is 1. The molecule has 0 amide bonds. The average molecular weight is 235 g/mol. The lowest BCUT2D eigenvalue weighted by molar-refractivity contribution is 0.230. The van der Waals surface area contributed by atoms with Crippen molar-refractivity contribution in [3.63, 3.8) is 0 Å². The zero-order valence-electron chi connectivity index (χ0n) is 10.8. The molecule has 1 saturated heterocycles. The molecule has 1 aliphatic rings. The summed E-state index contributed by atoms with van der Waals surface area (Å²) < 4.78 is 12.9. The van der Waals surface area contributed by atoms with Gasteiger partial charge in [0.1, 0.15) is 5.82 Å². The maximum absolute atomic E-state index is 12.9. The first-order valence-electron chi connectivity index (χ1n) is 6.66. The van der Waals surface area contributed by atoms with Crippen molar-refractivity contribution in [1.29, 1.82) is 0 Å². The molecule has 1 nitrogen and oxygen atoms in total. The van der Waals surface area contributed by atoms with E-state index in [9.17, 15) is 4.39 Å². The number of hydrogen-bond donors (Lipinski definition) is 0. The van der Waals surface area contributed by atoms with Gasteiger partial charge in [0.15, 0.2) is 0 Å². The van der Waals surface area contributed by atoms with Gasteiger partial charge in [-0.15, -0.1) is 0 Å². The quantitative estimate of drug-likeness (QED) is 0.753. The van der Waals surface area contributed by atoms with Crippen LogP contribution in [0.15, 0.2) is 24.3 Å². The van der Waals surface area contributed by atoms with Gasteiger partial charge in [0.2, 0.25) is 0 Å². The summed E-state index contributed by atoms with van der Waals surface area (Å²) in [6, 6.07) is 7.71. The molecule has 0 N–H and O–H groups in total. The Balaban J connectivity index is 2.01. The number of likely N-dealkylation sites (tertiary alicyclic amines) is 1. The Morgan fingerprint density at radius 3 is 2.47 bits per heavy atom. The van der Waals surface area contributed by atoms with Gasteiger partial charge in [-0.25, -0.2) is 4.39 Å². The van der Waals surface area contributed by atoms with Crippen molar-refractivity contribution < 1.29 is 4.39 Å². The molecule has 17 heavy (non-hydrogen) atoms. The summed E-state index contributed by atoms with van der Waals surface area (Å²) in [7, 11) is 0. The van der Waals surface area contributed by atoms with Gasteiger partial charge in [-0.2, -0.15) is 0 Å². The van der Waals surface area contributed by atoms with E-state index in [0.29, 0.717) is 12.0 Å². The molecule has 1 aliphatic heterocycles. The minimum absolute atomic E-state index is 0.133. The van der Waals surface area contributed by atoms with Crippen LogP contribution in [0.1, 0.15) is 44.6 Å². The number of rotatable bonds is 2. The van der Waals surface area contributed by atoms with Crippen LogP contribution in [0.25, 0.3) is 0 Å². The summed E-state index contributed by atoms with van der Waals surface area (Å²) in [6.07, 6.45) is 3.68. The lowest BCUT2D eigenvalue weighted by atomic mass is 9.92. The van der Waals surface area contributed by atoms with Gasteiger partial charge in [0, 0.05) is 6.04 Å². The summed E-state index contributed by atoms with van der Waals surface area (Å²) >= 11 is 0. The Morgan fingerprint density at radius 2 is 1.82 bits per heavy atom. The molecule has 1 unspecified atom stereocenters. The third kappa shape index (κ3) is 3.29. The Hall–Kier alpha value is -0.890. The van der Waals surface area contributed by atoms with Gasteiger partial charge in [0.05, 0.1) is 0 Å². The van der Waals surface area contributed by atoms with E-state index in [1.165, 1.54) is 37.9 Å². The van der Waals surface area contributed by atoms with Crippen molar-refractivity contribution in [2.24, 2.45) is 0 Å². The van der Waals surface area contributed by atoms with E-state index in [4.69, 9.17) is 0 Å². The van der Waals surface area contributed by atoms with Crippen molar-refractivity contribution in [3.8, 4) is 0 Å². The fraction of sp³-hybridized carbons (Fsp3) is 0.600. The van der Waals surface area contributed by atoms with E-state index < -0.39 is 0 Å². The molecule has 0 aliphatic carbocycles. The largest absolute Gasteiger partial charge is 0.301 e. The smallest absolute Gasteiger partial charge is 0.123 e. The highest BCUT2D eigenvalue weighted by molar-refractivity contribution is 5.20. The first-order chi connectivity index (χ1) is 8.16. The van der Waals surface area contributed by atoms with Crippen LogP contribution in [-0.2, 0) is 0 Å². The normalized spacial score (nSPS) is 22.7. The van der Waals surface area contributed by atoms with Crippen LogP contribution < -0.4 is 0 Å². The van der Waals surface area contributed by atoms with Crippen molar-refractivity contribution in [2.75, 3.05) is 13.1 Å². The second-order valence-electron chi connectivity index (χ2n) is 5.31. The number of halogens is 1. The standard InChI is InChI=1S/C15H22FN/c1-12(2)17-10-3-4-13(9-11-17)14-5-7-15(16)8-6-14/h5-8,12-13H,3-4,9-11H2,1-2H3. The van der Waals surface area contributed by atoms with Crippen LogP contribution in [-0.4, -0.2) is 24.0 Å². The van der Waals surface area contributed by atoms with Gasteiger partial charge in [-0.05, 0) is 69.8 Å². The first kappa shape index (κ1) is 12.6. The molecular formula is C15H22FN. The average Bonchev–Trinajstić information content (AvgIpc) is 2.55. The molecule has 2 heteroatoms. The second kappa shape index (κ2) is 5.63. The van der Waals surface area contributed by atoms with Crippen LogP contribution >= 0.6 is 0 Å². The van der Waals surface area contributed by atoms with Gasteiger partial charge in [-0.1, -0.05) is 12.1 Å². The van der Waals surface area contributed by atoms with Crippen LogP contribution in [0.5, 0.6) is 0 Å². The van der Waals surface area contributed by atoms with Crippen LogP contribution in [0, 0.1) is 5.82 Å². The summed E-state index contributed by atoms with van der Waals surface area (Å²) in [5.41, 5.74) is 1.30. The Kier molecular flexibility index (Phi) is 4.16. The lowest BCUT2D eigenvalue weighted by Crippen LogP contribution is -2.31. The van der Waals surface area contributed by atoms with E-state index >= 15 is 0 Å². The molecule has 1 aromatic carbocycles. The summed E-state index contributed by atoms with van der Waals surface area (Å²) in [5.74, 6) is 0.477. The second-order valence-corrected chi connectivity index (χ2v) is 5.31. The van der Waals surface area contributed by atoms with Crippen LogP contribution in [0.2, 0.25) is 0 Å². The van der Waals surface area contributed by atoms with E-state index in [1.54, 1.807) is 12.1 Å². The number of benzene rings is 1. The molecular weight excluding hydrogens is 213 g/mol. The van der Waals surface area contributed by atoms with E-state index in [1.807, 2.05) is 12.1 Å². The Bertz CT molecular complexity index is 344. The summed E-state index contributed by atoms with van der Waals surface area (Å²) in [6.45, 7) is 6.89. The molecule has 1 atom stereocenters. The van der Waals surface area contributed by atoms with Crippen LogP contribution in [0.3, 0.4) is 0 Å².